The fraction of sp³-hybridized carbons (Fsp3) is 0.114. The zero-order chi connectivity index (χ0) is 31.4. The molecule has 5 rings (SSSR count). The average molecular weight is 623 g/mol. The van der Waals surface area contributed by atoms with Crippen molar-refractivity contribution in [2.24, 2.45) is 0 Å². The topological polar surface area (TPSA) is 29.1 Å². The number of alkyl halides is 6. The quantitative estimate of drug-likeness (QED) is 0.137. The number of hydrogen-bond acceptors (Lipinski definition) is 1. The summed E-state index contributed by atoms with van der Waals surface area (Å²) < 4.78 is 81.7. The van der Waals surface area contributed by atoms with Gasteiger partial charge in [-0.1, -0.05) is 84.9 Å². The van der Waals surface area contributed by atoms with Crippen molar-refractivity contribution in [3.8, 4) is 0 Å². The lowest BCUT2D eigenvalue weighted by molar-refractivity contribution is -0.143. The van der Waals surface area contributed by atoms with Crippen molar-refractivity contribution in [3.05, 3.63) is 162 Å². The molecule has 0 saturated carbocycles. The molecule has 44 heavy (non-hydrogen) atoms. The number of carbonyl (C=O) groups excluding carboxylic acids is 1. The molecule has 5 aromatic carbocycles. The first kappa shape index (κ1) is 31.0. The van der Waals surface area contributed by atoms with Crippen LogP contribution in [0.1, 0.15) is 33.1 Å². The normalized spacial score (nSPS) is 12.9. The molecule has 0 radical (unpaired) electrons. The molecule has 0 heterocycles. The van der Waals surface area contributed by atoms with Gasteiger partial charge in [-0.05, 0) is 60.2 Å². The molecular weight excluding hydrogens is 595 g/mol. The van der Waals surface area contributed by atoms with Crippen LogP contribution >= 0.6 is 7.26 Å². The van der Waals surface area contributed by atoms with Gasteiger partial charge in [0.2, 0.25) is 0 Å². The van der Waals surface area contributed by atoms with Gasteiger partial charge in [0, 0.05) is 5.56 Å². The molecule has 0 aliphatic carbocycles. The number of rotatable bonds is 8. The van der Waals surface area contributed by atoms with Crippen LogP contribution in [0.15, 0.2) is 140 Å². The molecule has 5 aromatic rings. The highest BCUT2D eigenvalue weighted by molar-refractivity contribution is 7.95. The Morgan fingerprint density at radius 2 is 0.932 bits per heavy atom. The summed E-state index contributed by atoms with van der Waals surface area (Å²) in [5, 5.41) is 5.84. The lowest BCUT2D eigenvalue weighted by Gasteiger charge is -2.32. The first-order valence-electron chi connectivity index (χ1n) is 13.7. The third-order valence-corrected chi connectivity index (χ3v) is 11.9. The molecule has 224 valence electrons. The molecule has 0 aromatic heterocycles. The summed E-state index contributed by atoms with van der Waals surface area (Å²) in [5.41, 5.74) is -3.16. The van der Waals surface area contributed by atoms with Gasteiger partial charge in [0.05, 0.1) is 23.3 Å². The third kappa shape index (κ3) is 6.71. The summed E-state index contributed by atoms with van der Waals surface area (Å²) in [7, 11) is -2.57. The van der Waals surface area contributed by atoms with E-state index in [1.165, 1.54) is 0 Å². The predicted molar refractivity (Wildman–Crippen MR) is 163 cm³/mol. The van der Waals surface area contributed by atoms with Gasteiger partial charge in [-0.15, -0.1) is 0 Å². The third-order valence-electron chi connectivity index (χ3n) is 7.40. The zero-order valence-electron chi connectivity index (χ0n) is 23.2. The smallest absolute Gasteiger partial charge is 0.342 e. The summed E-state index contributed by atoms with van der Waals surface area (Å²) in [5.74, 6) is -1.04. The molecule has 0 spiro atoms. The molecule has 0 saturated heterocycles. The van der Waals surface area contributed by atoms with E-state index >= 15 is 0 Å². The number of halogens is 6. The largest absolute Gasteiger partial charge is 0.416 e. The molecule has 1 atom stereocenters. The van der Waals surface area contributed by atoms with Crippen molar-refractivity contribution in [2.75, 3.05) is 6.16 Å². The Morgan fingerprint density at radius 1 is 0.568 bits per heavy atom. The highest BCUT2D eigenvalue weighted by atomic mass is 31.2. The fourth-order valence-corrected chi connectivity index (χ4v) is 9.75. The van der Waals surface area contributed by atoms with Gasteiger partial charge in [-0.2, -0.15) is 26.3 Å². The van der Waals surface area contributed by atoms with Crippen molar-refractivity contribution < 1.29 is 31.1 Å². The maximum atomic E-state index is 13.6. The summed E-state index contributed by atoms with van der Waals surface area (Å²) in [6, 6.07) is 38.4. The molecule has 1 N–H and O–H groups in total. The minimum Gasteiger partial charge on any atom is -0.342 e. The van der Waals surface area contributed by atoms with E-state index < -0.39 is 48.3 Å². The first-order valence-corrected chi connectivity index (χ1v) is 15.7. The van der Waals surface area contributed by atoms with Crippen LogP contribution in [0.2, 0.25) is 0 Å². The van der Waals surface area contributed by atoms with Gasteiger partial charge in [0.15, 0.2) is 0 Å². The Balaban J connectivity index is 1.67. The van der Waals surface area contributed by atoms with E-state index in [1.54, 1.807) is 30.3 Å². The van der Waals surface area contributed by atoms with Crippen LogP contribution in [-0.4, -0.2) is 12.1 Å². The second-order valence-corrected chi connectivity index (χ2v) is 13.8. The van der Waals surface area contributed by atoms with Crippen LogP contribution in [0.25, 0.3) is 0 Å². The van der Waals surface area contributed by atoms with Crippen LogP contribution in [0.5, 0.6) is 0 Å². The van der Waals surface area contributed by atoms with E-state index in [9.17, 15) is 31.1 Å². The monoisotopic (exact) mass is 622 g/mol. The molecule has 0 fully saturated rings. The molecular formula is C35H27F6NOP+. The van der Waals surface area contributed by atoms with Gasteiger partial charge in [0.1, 0.15) is 23.2 Å². The van der Waals surface area contributed by atoms with Crippen molar-refractivity contribution in [1.29, 1.82) is 0 Å². The maximum absolute atomic E-state index is 13.6. The Labute approximate surface area is 251 Å². The van der Waals surface area contributed by atoms with Crippen LogP contribution in [0.3, 0.4) is 0 Å². The highest BCUT2D eigenvalue weighted by Crippen LogP contribution is 2.57. The van der Waals surface area contributed by atoms with Gasteiger partial charge in [-0.25, -0.2) is 0 Å². The molecule has 2 nitrogen and oxygen atoms in total. The van der Waals surface area contributed by atoms with Gasteiger partial charge in [0.25, 0.3) is 5.91 Å². The highest BCUT2D eigenvalue weighted by Gasteiger charge is 2.48. The molecule has 9 heteroatoms. The van der Waals surface area contributed by atoms with Crippen molar-refractivity contribution in [2.45, 2.75) is 18.4 Å². The van der Waals surface area contributed by atoms with Crippen LogP contribution in [-0.2, 0) is 12.4 Å². The average Bonchev–Trinajstić information content (AvgIpc) is 3.03. The standard InChI is InChI=1S/C35H26F6NOP/c36-34(37,38)27-21-26(22-28(23-27)35(39,40)41)33(43)42-32(25-13-5-1-6-14-25)24-44(29-15-7-2-8-16-29,30-17-9-3-10-18-30)31-19-11-4-12-20-31/h1-23,32H,24H2/p+1/t32-/m1/s1. The Morgan fingerprint density at radius 3 is 1.30 bits per heavy atom. The summed E-state index contributed by atoms with van der Waals surface area (Å²) in [4.78, 5) is 13.6. The SMILES string of the molecule is O=C(N[C@H](C[P+](c1ccccc1)(c1ccccc1)c1ccccc1)c1ccccc1)c1cc(C(F)(F)F)cc(C(F)(F)F)c1. The number of nitrogens with one attached hydrogen (secondary N) is 1. The van der Waals surface area contributed by atoms with Crippen molar-refractivity contribution >= 4 is 29.1 Å². The molecule has 0 aliphatic rings. The molecule has 0 unspecified atom stereocenters. The number of hydrogen-bond donors (Lipinski definition) is 1. The van der Waals surface area contributed by atoms with E-state index in [0.29, 0.717) is 23.9 Å². The zero-order valence-corrected chi connectivity index (χ0v) is 24.1. The van der Waals surface area contributed by atoms with E-state index in [-0.39, 0.29) is 6.07 Å². The van der Waals surface area contributed by atoms with Gasteiger partial charge < -0.3 is 5.32 Å². The first-order chi connectivity index (χ1) is 21.0. The van der Waals surface area contributed by atoms with Crippen LogP contribution in [0.4, 0.5) is 26.3 Å². The van der Waals surface area contributed by atoms with E-state index in [0.717, 1.165) is 15.9 Å². The summed E-state index contributed by atoms with van der Waals surface area (Å²) in [6.07, 6.45) is -9.85. The van der Waals surface area contributed by atoms with E-state index in [2.05, 4.69) is 5.32 Å². The summed E-state index contributed by atoms with van der Waals surface area (Å²) in [6.45, 7) is 0. The lowest BCUT2D eigenvalue weighted by atomic mass is 10.0. The molecule has 0 aliphatic heterocycles. The summed E-state index contributed by atoms with van der Waals surface area (Å²) >= 11 is 0. The number of amides is 1. The van der Waals surface area contributed by atoms with E-state index in [1.807, 2.05) is 91.0 Å². The van der Waals surface area contributed by atoms with Gasteiger partial charge >= 0.3 is 12.4 Å². The Hall–Kier alpha value is -4.42. The number of carbonyl (C=O) groups is 1. The lowest BCUT2D eigenvalue weighted by Crippen LogP contribution is -2.40. The van der Waals surface area contributed by atoms with Crippen LogP contribution < -0.4 is 21.2 Å². The minimum absolute atomic E-state index is 0.0161. The molecule has 1 amide bonds. The van der Waals surface area contributed by atoms with Crippen molar-refractivity contribution in [3.63, 3.8) is 0 Å². The Bertz CT molecular complexity index is 1560. The predicted octanol–water partition coefficient (Wildman–Crippen LogP) is 8.19. The van der Waals surface area contributed by atoms with Crippen molar-refractivity contribution in [1.82, 2.24) is 5.32 Å². The fourth-order valence-electron chi connectivity index (χ4n) is 5.33. The Kier molecular flexibility index (Phi) is 8.93. The van der Waals surface area contributed by atoms with E-state index in [4.69, 9.17) is 0 Å². The minimum atomic E-state index is -5.08. The second kappa shape index (κ2) is 12.7. The van der Waals surface area contributed by atoms with Gasteiger partial charge in [-0.3, -0.25) is 4.79 Å². The molecule has 0 bridgehead atoms. The maximum Gasteiger partial charge on any atom is 0.416 e. The second-order valence-electron chi connectivity index (χ2n) is 10.2. The van der Waals surface area contributed by atoms with Crippen LogP contribution in [0, 0.1) is 0 Å². The number of benzene rings is 5.